The largest absolute Gasteiger partial charge is 0.444 e. The fourth-order valence-electron chi connectivity index (χ4n) is 1.68. The molecule has 0 spiro atoms. The van der Waals surface area contributed by atoms with Crippen molar-refractivity contribution < 1.29 is 9.53 Å². The molecule has 0 atom stereocenters. The van der Waals surface area contributed by atoms with Crippen LogP contribution in [0.25, 0.3) is 0 Å². The average molecular weight is 311 g/mol. The van der Waals surface area contributed by atoms with E-state index in [9.17, 15) is 4.79 Å². The summed E-state index contributed by atoms with van der Waals surface area (Å²) >= 11 is 1.66. The molecule has 0 aliphatic rings. The minimum absolute atomic E-state index is 0.406. The van der Waals surface area contributed by atoms with E-state index >= 15 is 0 Å². The van der Waals surface area contributed by atoms with Crippen LogP contribution in [-0.2, 0) is 4.74 Å². The van der Waals surface area contributed by atoms with Crippen molar-refractivity contribution in [2.45, 2.75) is 40.2 Å². The molecule has 0 aliphatic carbocycles. The first kappa shape index (κ1) is 17.5. The van der Waals surface area contributed by atoms with E-state index < -0.39 is 11.7 Å². The van der Waals surface area contributed by atoms with Gasteiger partial charge in [0.05, 0.1) is 11.2 Å². The summed E-state index contributed by atoms with van der Waals surface area (Å²) in [5, 5.41) is 4.89. The summed E-state index contributed by atoms with van der Waals surface area (Å²) < 4.78 is 5.19. The molecule has 0 saturated heterocycles. The molecule has 1 N–H and O–H groups in total. The zero-order valence-corrected chi connectivity index (χ0v) is 14.3. The number of alkyl carbamates (subject to hydrolysis) is 1. The molecule has 21 heavy (non-hydrogen) atoms. The van der Waals surface area contributed by atoms with E-state index in [-0.39, 0.29) is 0 Å². The van der Waals surface area contributed by atoms with Gasteiger partial charge in [0.1, 0.15) is 10.6 Å². The Hall–Kier alpha value is -1.56. The van der Waals surface area contributed by atoms with Crippen LogP contribution in [0.15, 0.2) is 18.3 Å². The van der Waals surface area contributed by atoms with E-state index in [1.807, 2.05) is 33.9 Å². The highest BCUT2D eigenvalue weighted by molar-refractivity contribution is 7.15. The molecule has 0 fully saturated rings. The van der Waals surface area contributed by atoms with E-state index in [4.69, 9.17) is 4.74 Å². The van der Waals surface area contributed by atoms with Crippen LogP contribution in [0.4, 0.5) is 9.80 Å². The number of thiazole rings is 1. The second-order valence-corrected chi connectivity index (χ2v) is 7.05. The van der Waals surface area contributed by atoms with E-state index in [0.717, 1.165) is 22.1 Å². The molecular weight excluding hydrogens is 286 g/mol. The molecule has 0 unspecified atom stereocenters. The van der Waals surface area contributed by atoms with Crippen LogP contribution in [0.1, 0.15) is 32.7 Å². The number of aryl methyl sites for hydroxylation is 1. The third kappa shape index (κ3) is 6.62. The van der Waals surface area contributed by atoms with Gasteiger partial charge in [0.2, 0.25) is 0 Å². The number of anilines is 1. The maximum absolute atomic E-state index is 11.6. The minimum Gasteiger partial charge on any atom is -0.444 e. The number of nitrogens with one attached hydrogen (secondary N) is 1. The van der Waals surface area contributed by atoms with Crippen LogP contribution in [0.5, 0.6) is 0 Å². The Morgan fingerprint density at radius 3 is 2.67 bits per heavy atom. The predicted octanol–water partition coefficient (Wildman–Crippen LogP) is 3.36. The lowest BCUT2D eigenvalue weighted by molar-refractivity contribution is 0.0532. The lowest BCUT2D eigenvalue weighted by Crippen LogP contribution is -2.35. The van der Waals surface area contributed by atoms with Crippen molar-refractivity contribution in [2.75, 3.05) is 24.5 Å². The summed E-state index contributed by atoms with van der Waals surface area (Å²) in [6, 6.07) is 0. The van der Waals surface area contributed by atoms with E-state index in [2.05, 4.69) is 28.7 Å². The van der Waals surface area contributed by atoms with Crippen LogP contribution in [-0.4, -0.2) is 36.3 Å². The molecule has 0 aromatic carbocycles. The first-order valence-corrected chi connectivity index (χ1v) is 7.83. The first-order chi connectivity index (χ1) is 9.71. The summed E-state index contributed by atoms with van der Waals surface area (Å²) in [5.74, 6) is 0. The molecule has 0 saturated carbocycles. The summed E-state index contributed by atoms with van der Waals surface area (Å²) in [5.41, 5.74) is 0.440. The Balaban J connectivity index is 2.43. The van der Waals surface area contributed by atoms with Gasteiger partial charge in [-0.05, 0) is 40.2 Å². The Bertz CT molecular complexity index is 491. The molecule has 1 rings (SSSR count). The van der Waals surface area contributed by atoms with Gasteiger partial charge in [0, 0.05) is 19.6 Å². The van der Waals surface area contributed by atoms with E-state index in [1.165, 1.54) is 0 Å². The topological polar surface area (TPSA) is 54.5 Å². The van der Waals surface area contributed by atoms with Gasteiger partial charge in [-0.1, -0.05) is 6.58 Å². The molecule has 1 aromatic rings. The molecule has 0 aliphatic heterocycles. The van der Waals surface area contributed by atoms with Gasteiger partial charge in [-0.2, -0.15) is 0 Å². The Labute approximate surface area is 131 Å². The van der Waals surface area contributed by atoms with Crippen molar-refractivity contribution in [2.24, 2.45) is 0 Å². The smallest absolute Gasteiger partial charge is 0.407 e. The molecule has 0 radical (unpaired) electrons. The molecular formula is C15H25N3O2S. The van der Waals surface area contributed by atoms with Gasteiger partial charge in [-0.25, -0.2) is 9.78 Å². The predicted molar refractivity (Wildman–Crippen MR) is 88.1 cm³/mol. The fourth-order valence-corrected chi connectivity index (χ4v) is 2.52. The van der Waals surface area contributed by atoms with E-state index in [0.29, 0.717) is 13.1 Å². The quantitative estimate of drug-likeness (QED) is 0.819. The van der Waals surface area contributed by atoms with Gasteiger partial charge < -0.3 is 15.0 Å². The Kier molecular flexibility index (Phi) is 6.20. The third-order valence-electron chi connectivity index (χ3n) is 2.60. The number of carbonyl (C=O) groups excluding carboxylic acids is 1. The van der Waals surface area contributed by atoms with Crippen molar-refractivity contribution in [1.82, 2.24) is 10.3 Å². The van der Waals surface area contributed by atoms with Gasteiger partial charge >= 0.3 is 6.09 Å². The van der Waals surface area contributed by atoms with Gasteiger partial charge in [0.25, 0.3) is 0 Å². The van der Waals surface area contributed by atoms with Gasteiger partial charge in [-0.15, -0.1) is 11.3 Å². The summed E-state index contributed by atoms with van der Waals surface area (Å²) in [4.78, 5) is 18.0. The van der Waals surface area contributed by atoms with Crippen molar-refractivity contribution in [3.05, 3.63) is 23.4 Å². The molecule has 0 bridgehead atoms. The number of carbonyl (C=O) groups is 1. The summed E-state index contributed by atoms with van der Waals surface area (Å²) in [6.07, 6.45) is 1.46. The standard InChI is InChI=1S/C15H25N3O2S/c1-7-18(13-9-16-12(3)21-13)10-11(2)8-17-14(19)20-15(4,5)6/h9H,2,7-8,10H2,1,3-6H3,(H,17,19). The molecule has 5 nitrogen and oxygen atoms in total. The summed E-state index contributed by atoms with van der Waals surface area (Å²) in [7, 11) is 0. The van der Waals surface area contributed by atoms with Crippen LogP contribution in [0.3, 0.4) is 0 Å². The van der Waals surface area contributed by atoms with Crippen molar-refractivity contribution in [3.63, 3.8) is 0 Å². The third-order valence-corrected chi connectivity index (χ3v) is 3.57. The van der Waals surface area contributed by atoms with Crippen molar-refractivity contribution in [3.8, 4) is 0 Å². The van der Waals surface area contributed by atoms with Gasteiger partial charge in [0.15, 0.2) is 0 Å². The highest BCUT2D eigenvalue weighted by Gasteiger charge is 2.16. The second-order valence-electron chi connectivity index (χ2n) is 5.84. The minimum atomic E-state index is -0.485. The Morgan fingerprint density at radius 2 is 2.19 bits per heavy atom. The fraction of sp³-hybridized carbons (Fsp3) is 0.600. The number of ether oxygens (including phenoxy) is 1. The van der Waals surface area contributed by atoms with Crippen LogP contribution < -0.4 is 10.2 Å². The number of likely N-dealkylation sites (N-methyl/N-ethyl adjacent to an activating group) is 1. The molecule has 1 aromatic heterocycles. The monoisotopic (exact) mass is 311 g/mol. The van der Waals surface area contributed by atoms with Gasteiger partial charge in [-0.3, -0.25) is 0 Å². The number of nitrogens with zero attached hydrogens (tertiary/aromatic N) is 2. The number of hydrogen-bond acceptors (Lipinski definition) is 5. The first-order valence-electron chi connectivity index (χ1n) is 7.02. The normalized spacial score (nSPS) is 11.1. The lowest BCUT2D eigenvalue weighted by atomic mass is 10.2. The lowest BCUT2D eigenvalue weighted by Gasteiger charge is -2.23. The average Bonchev–Trinajstić information content (AvgIpc) is 2.78. The SMILES string of the molecule is C=C(CNC(=O)OC(C)(C)C)CN(CC)c1cnc(C)s1. The van der Waals surface area contributed by atoms with Crippen LogP contribution in [0, 0.1) is 6.92 Å². The van der Waals surface area contributed by atoms with Crippen LogP contribution in [0.2, 0.25) is 0 Å². The molecule has 6 heteroatoms. The maximum Gasteiger partial charge on any atom is 0.407 e. The zero-order chi connectivity index (χ0) is 16.0. The zero-order valence-electron chi connectivity index (χ0n) is 13.5. The number of rotatable bonds is 6. The molecule has 1 amide bonds. The maximum atomic E-state index is 11.6. The second kappa shape index (κ2) is 7.45. The summed E-state index contributed by atoms with van der Waals surface area (Å²) in [6.45, 7) is 15.6. The number of amides is 1. The Morgan fingerprint density at radius 1 is 1.52 bits per heavy atom. The van der Waals surface area contributed by atoms with Crippen molar-refractivity contribution >= 4 is 22.4 Å². The highest BCUT2D eigenvalue weighted by atomic mass is 32.1. The highest BCUT2D eigenvalue weighted by Crippen LogP contribution is 2.23. The molecule has 1 heterocycles. The van der Waals surface area contributed by atoms with Crippen LogP contribution >= 0.6 is 11.3 Å². The molecule has 118 valence electrons. The number of hydrogen-bond donors (Lipinski definition) is 1. The van der Waals surface area contributed by atoms with Crippen molar-refractivity contribution in [1.29, 1.82) is 0 Å². The number of aromatic nitrogens is 1. The van der Waals surface area contributed by atoms with E-state index in [1.54, 1.807) is 11.3 Å².